The van der Waals surface area contributed by atoms with Gasteiger partial charge >= 0.3 is 0 Å². The van der Waals surface area contributed by atoms with E-state index in [4.69, 9.17) is 16.3 Å². The van der Waals surface area contributed by atoms with E-state index in [-0.39, 0.29) is 17.2 Å². The van der Waals surface area contributed by atoms with E-state index in [1.54, 1.807) is 6.07 Å². The van der Waals surface area contributed by atoms with E-state index in [1.807, 2.05) is 6.92 Å². The van der Waals surface area contributed by atoms with Crippen LogP contribution in [0.25, 0.3) is 0 Å². The summed E-state index contributed by atoms with van der Waals surface area (Å²) in [4.78, 5) is 11.7. The Bertz CT molecular complexity index is 375. The first-order valence-corrected chi connectivity index (χ1v) is 5.45. The molecular formula is C12H14ClFO2. The summed E-state index contributed by atoms with van der Waals surface area (Å²) in [5.41, 5.74) is 0.613. The molecule has 1 unspecified atom stereocenters. The van der Waals surface area contributed by atoms with Crippen LogP contribution in [0.15, 0.2) is 18.2 Å². The van der Waals surface area contributed by atoms with Crippen LogP contribution in [0.4, 0.5) is 4.39 Å². The summed E-state index contributed by atoms with van der Waals surface area (Å²) < 4.78 is 18.1. The first kappa shape index (κ1) is 13.1. The zero-order valence-electron chi connectivity index (χ0n) is 9.30. The lowest BCUT2D eigenvalue weighted by Crippen LogP contribution is -2.23. The quantitative estimate of drug-likeness (QED) is 0.796. The molecule has 0 saturated heterocycles. The fourth-order valence-corrected chi connectivity index (χ4v) is 1.61. The SMILES string of the molecule is CCC(OC)C(=O)Cc1ccc(Cl)c(F)c1. The number of methoxy groups -OCH3 is 1. The zero-order chi connectivity index (χ0) is 12.1. The van der Waals surface area contributed by atoms with Gasteiger partial charge in [0.2, 0.25) is 0 Å². The molecule has 0 bridgehead atoms. The fourth-order valence-electron chi connectivity index (χ4n) is 1.49. The summed E-state index contributed by atoms with van der Waals surface area (Å²) in [6.07, 6.45) is 0.366. The van der Waals surface area contributed by atoms with Gasteiger partial charge in [0.25, 0.3) is 0 Å². The largest absolute Gasteiger partial charge is 0.374 e. The van der Waals surface area contributed by atoms with Gasteiger partial charge in [-0.1, -0.05) is 24.6 Å². The van der Waals surface area contributed by atoms with Gasteiger partial charge in [-0.2, -0.15) is 0 Å². The lowest BCUT2D eigenvalue weighted by molar-refractivity contribution is -0.128. The van der Waals surface area contributed by atoms with Crippen molar-refractivity contribution in [2.75, 3.05) is 7.11 Å². The first-order chi connectivity index (χ1) is 7.58. The van der Waals surface area contributed by atoms with Crippen LogP contribution >= 0.6 is 11.6 Å². The van der Waals surface area contributed by atoms with Crippen LogP contribution in [-0.2, 0) is 16.0 Å². The van der Waals surface area contributed by atoms with E-state index in [0.717, 1.165) is 0 Å². The normalized spacial score (nSPS) is 12.5. The zero-order valence-corrected chi connectivity index (χ0v) is 10.1. The average Bonchev–Trinajstić information content (AvgIpc) is 2.25. The minimum atomic E-state index is -0.502. The lowest BCUT2D eigenvalue weighted by atomic mass is 10.0. The van der Waals surface area contributed by atoms with Crippen molar-refractivity contribution in [2.24, 2.45) is 0 Å². The van der Waals surface area contributed by atoms with Gasteiger partial charge in [0.1, 0.15) is 11.9 Å². The van der Waals surface area contributed by atoms with Crippen molar-refractivity contribution in [1.82, 2.24) is 0 Å². The number of ether oxygens (including phenoxy) is 1. The second-order valence-electron chi connectivity index (χ2n) is 3.52. The van der Waals surface area contributed by atoms with E-state index >= 15 is 0 Å². The Labute approximate surface area is 99.4 Å². The molecule has 1 atom stereocenters. The number of Topliss-reactive ketones (excluding diaryl/α,β-unsaturated/α-hetero) is 1. The minimum Gasteiger partial charge on any atom is -0.374 e. The van der Waals surface area contributed by atoms with E-state index < -0.39 is 11.9 Å². The van der Waals surface area contributed by atoms with E-state index in [9.17, 15) is 9.18 Å². The molecule has 0 aliphatic carbocycles. The molecule has 0 N–H and O–H groups in total. The molecule has 0 aliphatic heterocycles. The summed E-state index contributed by atoms with van der Waals surface area (Å²) >= 11 is 5.55. The molecule has 1 aromatic rings. The molecule has 0 amide bonds. The lowest BCUT2D eigenvalue weighted by Gasteiger charge is -2.11. The molecular weight excluding hydrogens is 231 g/mol. The predicted molar refractivity (Wildman–Crippen MR) is 61.2 cm³/mol. The summed E-state index contributed by atoms with van der Waals surface area (Å²) in [6.45, 7) is 1.87. The monoisotopic (exact) mass is 244 g/mol. The maximum atomic E-state index is 13.1. The number of benzene rings is 1. The Morgan fingerprint density at radius 3 is 2.75 bits per heavy atom. The molecule has 16 heavy (non-hydrogen) atoms. The second kappa shape index (κ2) is 5.97. The maximum Gasteiger partial charge on any atom is 0.165 e. The molecule has 1 aromatic carbocycles. The smallest absolute Gasteiger partial charge is 0.165 e. The van der Waals surface area contributed by atoms with Crippen LogP contribution < -0.4 is 0 Å². The Kier molecular flexibility index (Phi) is 4.90. The highest BCUT2D eigenvalue weighted by Gasteiger charge is 2.16. The van der Waals surface area contributed by atoms with Gasteiger partial charge in [0, 0.05) is 13.5 Å². The summed E-state index contributed by atoms with van der Waals surface area (Å²) in [5, 5.41) is 0.0648. The van der Waals surface area contributed by atoms with Crippen molar-refractivity contribution in [3.63, 3.8) is 0 Å². The van der Waals surface area contributed by atoms with Crippen molar-refractivity contribution in [3.05, 3.63) is 34.6 Å². The molecule has 0 spiro atoms. The van der Waals surface area contributed by atoms with Gasteiger partial charge in [-0.05, 0) is 24.1 Å². The molecule has 2 nitrogen and oxygen atoms in total. The molecule has 0 aromatic heterocycles. The van der Waals surface area contributed by atoms with Crippen LogP contribution in [0.1, 0.15) is 18.9 Å². The Hall–Kier alpha value is -0.930. The van der Waals surface area contributed by atoms with Crippen molar-refractivity contribution >= 4 is 17.4 Å². The molecule has 0 radical (unpaired) electrons. The molecule has 0 saturated carbocycles. The van der Waals surface area contributed by atoms with Gasteiger partial charge in [0.05, 0.1) is 5.02 Å². The van der Waals surface area contributed by atoms with Gasteiger partial charge in [-0.15, -0.1) is 0 Å². The number of hydrogen-bond donors (Lipinski definition) is 0. The highest BCUT2D eigenvalue weighted by molar-refractivity contribution is 6.30. The topological polar surface area (TPSA) is 26.3 Å². The van der Waals surface area contributed by atoms with Gasteiger partial charge in [-0.25, -0.2) is 4.39 Å². The number of halogens is 2. The molecule has 1 rings (SSSR count). The van der Waals surface area contributed by atoms with Crippen molar-refractivity contribution < 1.29 is 13.9 Å². The second-order valence-corrected chi connectivity index (χ2v) is 3.93. The standard InChI is InChI=1S/C12H14ClFO2/c1-3-12(16-2)11(15)7-8-4-5-9(13)10(14)6-8/h4-6,12H,3,7H2,1-2H3. The number of ketones is 1. The van der Waals surface area contributed by atoms with E-state index in [2.05, 4.69) is 0 Å². The summed E-state index contributed by atoms with van der Waals surface area (Å²) in [6, 6.07) is 4.38. The predicted octanol–water partition coefficient (Wildman–Crippen LogP) is 3.02. The minimum absolute atomic E-state index is 0.0493. The fraction of sp³-hybridized carbons (Fsp3) is 0.417. The first-order valence-electron chi connectivity index (χ1n) is 5.08. The van der Waals surface area contributed by atoms with Crippen molar-refractivity contribution in [3.8, 4) is 0 Å². The van der Waals surface area contributed by atoms with E-state index in [0.29, 0.717) is 12.0 Å². The molecule has 0 aliphatic rings. The Morgan fingerprint density at radius 2 is 2.25 bits per heavy atom. The highest BCUT2D eigenvalue weighted by atomic mass is 35.5. The van der Waals surface area contributed by atoms with Gasteiger partial charge in [-0.3, -0.25) is 4.79 Å². The maximum absolute atomic E-state index is 13.1. The van der Waals surface area contributed by atoms with Crippen LogP contribution in [0, 0.1) is 5.82 Å². The number of carbonyl (C=O) groups is 1. The van der Waals surface area contributed by atoms with Crippen LogP contribution in [-0.4, -0.2) is 19.0 Å². The number of carbonyl (C=O) groups excluding carboxylic acids is 1. The van der Waals surface area contributed by atoms with Crippen LogP contribution in [0.5, 0.6) is 0 Å². The average molecular weight is 245 g/mol. The number of hydrogen-bond acceptors (Lipinski definition) is 2. The third kappa shape index (κ3) is 3.29. The Morgan fingerprint density at radius 1 is 1.56 bits per heavy atom. The van der Waals surface area contributed by atoms with Gasteiger partial charge < -0.3 is 4.74 Å². The molecule has 0 fully saturated rings. The summed E-state index contributed by atoms with van der Waals surface area (Å²) in [7, 11) is 1.49. The third-order valence-electron chi connectivity index (χ3n) is 2.38. The van der Waals surface area contributed by atoms with Crippen molar-refractivity contribution in [2.45, 2.75) is 25.9 Å². The molecule has 0 heterocycles. The molecule has 88 valence electrons. The van der Waals surface area contributed by atoms with Crippen LogP contribution in [0.3, 0.4) is 0 Å². The summed E-state index contributed by atoms with van der Waals surface area (Å²) in [5.74, 6) is -0.552. The van der Waals surface area contributed by atoms with Crippen molar-refractivity contribution in [1.29, 1.82) is 0 Å². The van der Waals surface area contributed by atoms with E-state index in [1.165, 1.54) is 19.2 Å². The van der Waals surface area contributed by atoms with Gasteiger partial charge in [0.15, 0.2) is 5.78 Å². The highest BCUT2D eigenvalue weighted by Crippen LogP contribution is 2.16. The molecule has 4 heteroatoms. The Balaban J connectivity index is 2.73. The third-order valence-corrected chi connectivity index (χ3v) is 2.68. The number of rotatable bonds is 5. The van der Waals surface area contributed by atoms with Crippen LogP contribution in [0.2, 0.25) is 5.02 Å².